The van der Waals surface area contributed by atoms with Gasteiger partial charge in [0, 0.05) is 11.4 Å². The molecule has 0 bridgehead atoms. The first kappa shape index (κ1) is 13.7. The fourth-order valence-corrected chi connectivity index (χ4v) is 1.31. The molecule has 1 N–H and O–H groups in total. The highest BCUT2D eigenvalue weighted by Gasteiger charge is 2.13. The normalized spacial score (nSPS) is 11.9. The summed E-state index contributed by atoms with van der Waals surface area (Å²) in [6, 6.07) is 4.04. The molecular weight excluding hydrogens is 294 g/mol. The Hall–Kier alpha value is -1.34. The number of alkyl halides is 1. The van der Waals surface area contributed by atoms with Crippen LogP contribution in [0.4, 0.5) is 5.69 Å². The van der Waals surface area contributed by atoms with Crippen LogP contribution >= 0.6 is 15.9 Å². The second kappa shape index (κ2) is 6.41. The van der Waals surface area contributed by atoms with Gasteiger partial charge in [-0.15, -0.1) is 0 Å². The Morgan fingerprint density at radius 1 is 1.53 bits per heavy atom. The topological polar surface area (TPSA) is 81.8 Å². The van der Waals surface area contributed by atoms with E-state index in [1.807, 2.05) is 0 Å². The van der Waals surface area contributed by atoms with Gasteiger partial charge >= 0.3 is 0 Å². The molecule has 0 aliphatic heterocycles. The Kier molecular flexibility index (Phi) is 5.17. The lowest BCUT2D eigenvalue weighted by atomic mass is 10.3. The minimum absolute atomic E-state index is 0.0305. The van der Waals surface area contributed by atoms with E-state index in [1.165, 1.54) is 25.3 Å². The molecule has 1 atom stereocenters. The zero-order chi connectivity index (χ0) is 12.8. The monoisotopic (exact) mass is 305 g/mol. The number of nitro benzene ring substituents is 1. The lowest BCUT2D eigenvalue weighted by Gasteiger charge is -2.12. The summed E-state index contributed by atoms with van der Waals surface area (Å²) in [6.45, 7) is 0.0305. The molecule has 0 aromatic heterocycles. The van der Waals surface area contributed by atoms with Crippen molar-refractivity contribution in [1.29, 1.82) is 0 Å². The highest BCUT2D eigenvalue weighted by molar-refractivity contribution is 9.09. The predicted octanol–water partition coefficient (Wildman–Crippen LogP) is 1.74. The molecule has 1 rings (SSSR count). The molecule has 0 saturated carbocycles. The van der Waals surface area contributed by atoms with Crippen LogP contribution in [-0.4, -0.2) is 35.2 Å². The van der Waals surface area contributed by atoms with Crippen molar-refractivity contribution < 1.29 is 19.5 Å². The van der Waals surface area contributed by atoms with Crippen LogP contribution in [0, 0.1) is 10.1 Å². The molecule has 1 unspecified atom stereocenters. The van der Waals surface area contributed by atoms with Crippen LogP contribution in [-0.2, 0) is 0 Å². The van der Waals surface area contributed by atoms with Crippen molar-refractivity contribution >= 4 is 21.6 Å². The van der Waals surface area contributed by atoms with Gasteiger partial charge < -0.3 is 14.6 Å². The van der Waals surface area contributed by atoms with Crippen LogP contribution in [0.5, 0.6) is 11.5 Å². The number of hydrogen-bond donors (Lipinski definition) is 1. The third-order valence-electron chi connectivity index (χ3n) is 1.97. The number of nitro groups is 1. The smallest absolute Gasteiger partial charge is 0.273 e. The van der Waals surface area contributed by atoms with Crippen molar-refractivity contribution in [3.8, 4) is 11.5 Å². The number of aliphatic hydroxyl groups is 1. The Morgan fingerprint density at radius 2 is 2.24 bits per heavy atom. The molecule has 6 nitrogen and oxygen atoms in total. The van der Waals surface area contributed by atoms with E-state index < -0.39 is 11.0 Å². The molecule has 0 radical (unpaired) electrons. The maximum atomic E-state index is 10.6. The summed E-state index contributed by atoms with van der Waals surface area (Å²) < 4.78 is 10.3. The van der Waals surface area contributed by atoms with E-state index in [0.717, 1.165) is 0 Å². The number of methoxy groups -OCH3 is 1. The van der Waals surface area contributed by atoms with Gasteiger partial charge in [-0.3, -0.25) is 10.1 Å². The van der Waals surface area contributed by atoms with Crippen molar-refractivity contribution in [1.82, 2.24) is 0 Å². The molecule has 0 fully saturated rings. The van der Waals surface area contributed by atoms with Gasteiger partial charge in [-0.1, -0.05) is 15.9 Å². The molecule has 0 amide bonds. The van der Waals surface area contributed by atoms with E-state index in [4.69, 9.17) is 9.47 Å². The van der Waals surface area contributed by atoms with Gasteiger partial charge in [-0.25, -0.2) is 0 Å². The standard InChI is InChI=1S/C10H12BrNO5/c1-16-9-3-2-7(12(14)15)4-10(9)17-6-8(13)5-11/h2-4,8,13H,5-6H2,1H3. The second-order valence-corrected chi connectivity index (χ2v) is 3.86. The van der Waals surface area contributed by atoms with E-state index in [1.54, 1.807) is 0 Å². The Bertz CT molecular complexity index is 398. The molecule has 1 aromatic carbocycles. The molecule has 0 spiro atoms. The van der Waals surface area contributed by atoms with Gasteiger partial charge in [0.2, 0.25) is 0 Å². The number of benzene rings is 1. The van der Waals surface area contributed by atoms with Crippen molar-refractivity contribution in [2.75, 3.05) is 19.0 Å². The van der Waals surface area contributed by atoms with E-state index in [2.05, 4.69) is 15.9 Å². The highest BCUT2D eigenvalue weighted by atomic mass is 79.9. The summed E-state index contributed by atoms with van der Waals surface area (Å²) in [5.41, 5.74) is -0.0888. The number of ether oxygens (including phenoxy) is 2. The first-order chi connectivity index (χ1) is 8.08. The molecule has 0 heterocycles. The minimum atomic E-state index is -0.682. The van der Waals surface area contributed by atoms with Crippen molar-refractivity contribution in [2.45, 2.75) is 6.10 Å². The fraction of sp³-hybridized carbons (Fsp3) is 0.400. The zero-order valence-corrected chi connectivity index (χ0v) is 10.7. The lowest BCUT2D eigenvalue weighted by molar-refractivity contribution is -0.385. The van der Waals surface area contributed by atoms with E-state index in [-0.39, 0.29) is 18.0 Å². The predicted molar refractivity (Wildman–Crippen MR) is 64.9 cm³/mol. The first-order valence-electron chi connectivity index (χ1n) is 4.77. The summed E-state index contributed by atoms with van der Waals surface area (Å²) in [5, 5.41) is 20.3. The quantitative estimate of drug-likeness (QED) is 0.492. The third-order valence-corrected chi connectivity index (χ3v) is 2.71. The van der Waals surface area contributed by atoms with Gasteiger partial charge in [-0.2, -0.15) is 0 Å². The van der Waals surface area contributed by atoms with Gasteiger partial charge in [0.05, 0.1) is 24.2 Å². The van der Waals surface area contributed by atoms with E-state index in [0.29, 0.717) is 11.1 Å². The number of non-ortho nitro benzene ring substituents is 1. The maximum Gasteiger partial charge on any atom is 0.273 e. The van der Waals surface area contributed by atoms with Crippen LogP contribution < -0.4 is 9.47 Å². The Morgan fingerprint density at radius 3 is 2.76 bits per heavy atom. The van der Waals surface area contributed by atoms with E-state index in [9.17, 15) is 15.2 Å². The number of halogens is 1. The molecular formula is C10H12BrNO5. The largest absolute Gasteiger partial charge is 0.493 e. The van der Waals surface area contributed by atoms with Crippen LogP contribution in [0.2, 0.25) is 0 Å². The summed E-state index contributed by atoms with van der Waals surface area (Å²) >= 11 is 3.09. The van der Waals surface area contributed by atoms with E-state index >= 15 is 0 Å². The highest BCUT2D eigenvalue weighted by Crippen LogP contribution is 2.31. The minimum Gasteiger partial charge on any atom is -0.493 e. The number of rotatable bonds is 6. The number of aliphatic hydroxyl groups excluding tert-OH is 1. The van der Waals surface area contributed by atoms with Gasteiger partial charge in [0.15, 0.2) is 11.5 Å². The number of nitrogens with zero attached hydrogens (tertiary/aromatic N) is 1. The summed E-state index contributed by atoms with van der Waals surface area (Å²) in [4.78, 5) is 10.1. The fourth-order valence-electron chi connectivity index (χ4n) is 1.12. The zero-order valence-electron chi connectivity index (χ0n) is 9.13. The SMILES string of the molecule is COc1ccc([N+](=O)[O-])cc1OCC(O)CBr. The van der Waals surface area contributed by atoms with Crippen LogP contribution in [0.3, 0.4) is 0 Å². The molecule has 94 valence electrons. The van der Waals surface area contributed by atoms with Gasteiger partial charge in [0.1, 0.15) is 6.61 Å². The summed E-state index contributed by atoms with van der Waals surface area (Å²) in [5.74, 6) is 0.624. The molecule has 1 aromatic rings. The van der Waals surface area contributed by atoms with Crippen molar-refractivity contribution in [3.63, 3.8) is 0 Å². The maximum absolute atomic E-state index is 10.6. The average molecular weight is 306 g/mol. The molecule has 0 aliphatic carbocycles. The molecule has 7 heteroatoms. The van der Waals surface area contributed by atoms with Gasteiger partial charge in [-0.05, 0) is 6.07 Å². The average Bonchev–Trinajstić information content (AvgIpc) is 2.35. The number of hydrogen-bond acceptors (Lipinski definition) is 5. The third kappa shape index (κ3) is 3.86. The van der Waals surface area contributed by atoms with Gasteiger partial charge in [0.25, 0.3) is 5.69 Å². The van der Waals surface area contributed by atoms with Crippen LogP contribution in [0.15, 0.2) is 18.2 Å². The molecule has 17 heavy (non-hydrogen) atoms. The Balaban J connectivity index is 2.86. The van der Waals surface area contributed by atoms with Crippen molar-refractivity contribution in [3.05, 3.63) is 28.3 Å². The summed E-state index contributed by atoms with van der Waals surface area (Å²) in [7, 11) is 1.44. The van der Waals surface area contributed by atoms with Crippen LogP contribution in [0.1, 0.15) is 0 Å². The van der Waals surface area contributed by atoms with Crippen molar-refractivity contribution in [2.24, 2.45) is 0 Å². The van der Waals surface area contributed by atoms with Crippen LogP contribution in [0.25, 0.3) is 0 Å². The lowest BCUT2D eigenvalue weighted by Crippen LogP contribution is -2.18. The summed E-state index contributed by atoms with van der Waals surface area (Å²) in [6.07, 6.45) is -0.682. The second-order valence-electron chi connectivity index (χ2n) is 3.21. The Labute approximate surface area is 106 Å². The molecule has 0 saturated heterocycles. The first-order valence-corrected chi connectivity index (χ1v) is 5.90. The molecule has 0 aliphatic rings.